The topological polar surface area (TPSA) is 0 Å². The average Bonchev–Trinajstić information content (AvgIpc) is 2.18. The molecule has 0 heteroatoms. The van der Waals surface area contributed by atoms with Crippen molar-refractivity contribution in [2.24, 2.45) is 5.92 Å². The molecule has 14 heavy (non-hydrogen) atoms. The number of allylic oxidation sites excluding steroid dienone is 5. The Balaban J connectivity index is 2.70. The quantitative estimate of drug-likeness (QED) is 0.568. The monoisotopic (exact) mass is 190 g/mol. The van der Waals surface area contributed by atoms with Gasteiger partial charge in [-0.2, -0.15) is 0 Å². The summed E-state index contributed by atoms with van der Waals surface area (Å²) in [5.74, 6) is 0.789. The van der Waals surface area contributed by atoms with Gasteiger partial charge in [-0.05, 0) is 38.2 Å². The van der Waals surface area contributed by atoms with Crippen molar-refractivity contribution in [2.75, 3.05) is 0 Å². The Morgan fingerprint density at radius 2 is 1.86 bits per heavy atom. The van der Waals surface area contributed by atoms with Crippen molar-refractivity contribution in [2.45, 2.75) is 46.0 Å². The second-order valence-electron chi connectivity index (χ2n) is 4.33. The van der Waals surface area contributed by atoms with Gasteiger partial charge in [-0.3, -0.25) is 0 Å². The molecule has 0 radical (unpaired) electrons. The van der Waals surface area contributed by atoms with E-state index in [0.717, 1.165) is 5.92 Å². The zero-order chi connectivity index (χ0) is 10.4. The van der Waals surface area contributed by atoms with Crippen molar-refractivity contribution < 1.29 is 0 Å². The zero-order valence-corrected chi connectivity index (χ0v) is 9.55. The van der Waals surface area contributed by atoms with Gasteiger partial charge < -0.3 is 0 Å². The van der Waals surface area contributed by atoms with Crippen LogP contribution in [0.25, 0.3) is 0 Å². The SMILES string of the molecule is C=C(C)/C=C(\C=CC)C1CCCCC1. The summed E-state index contributed by atoms with van der Waals surface area (Å²) in [5.41, 5.74) is 2.66. The van der Waals surface area contributed by atoms with Crippen LogP contribution < -0.4 is 0 Å². The molecule has 0 bridgehead atoms. The molecule has 1 aliphatic rings. The van der Waals surface area contributed by atoms with Gasteiger partial charge in [-0.25, -0.2) is 0 Å². The fourth-order valence-corrected chi connectivity index (χ4v) is 2.21. The van der Waals surface area contributed by atoms with Crippen LogP contribution >= 0.6 is 0 Å². The van der Waals surface area contributed by atoms with E-state index in [2.05, 4.69) is 38.7 Å². The molecule has 0 nitrogen and oxygen atoms in total. The van der Waals surface area contributed by atoms with Crippen LogP contribution in [0.15, 0.2) is 36.0 Å². The molecule has 1 saturated carbocycles. The number of hydrogen-bond acceptors (Lipinski definition) is 0. The highest BCUT2D eigenvalue weighted by Gasteiger charge is 2.15. The number of rotatable bonds is 3. The summed E-state index contributed by atoms with van der Waals surface area (Å²) < 4.78 is 0. The first kappa shape index (κ1) is 11.3. The summed E-state index contributed by atoms with van der Waals surface area (Å²) in [5, 5.41) is 0. The lowest BCUT2D eigenvalue weighted by atomic mass is 9.83. The van der Waals surface area contributed by atoms with E-state index in [9.17, 15) is 0 Å². The van der Waals surface area contributed by atoms with Crippen LogP contribution in [-0.4, -0.2) is 0 Å². The molecule has 0 N–H and O–H groups in total. The van der Waals surface area contributed by atoms with E-state index in [1.54, 1.807) is 0 Å². The van der Waals surface area contributed by atoms with Gasteiger partial charge in [-0.15, -0.1) is 0 Å². The van der Waals surface area contributed by atoms with E-state index in [1.165, 1.54) is 43.3 Å². The fourth-order valence-electron chi connectivity index (χ4n) is 2.21. The van der Waals surface area contributed by atoms with Crippen molar-refractivity contribution >= 4 is 0 Å². The third-order valence-electron chi connectivity index (χ3n) is 2.85. The van der Waals surface area contributed by atoms with E-state index in [-0.39, 0.29) is 0 Å². The standard InChI is InChI=1S/C14H22/c1-4-8-14(11-12(2)3)13-9-6-5-7-10-13/h4,8,11,13H,2,5-7,9-10H2,1,3H3/b8-4?,14-11+. The Kier molecular flexibility index (Phi) is 4.72. The highest BCUT2D eigenvalue weighted by molar-refractivity contribution is 5.29. The molecule has 0 heterocycles. The molecule has 1 fully saturated rings. The van der Waals surface area contributed by atoms with Gasteiger partial charge in [0.05, 0.1) is 0 Å². The van der Waals surface area contributed by atoms with Crippen molar-refractivity contribution in [3.05, 3.63) is 36.0 Å². The Bertz CT molecular complexity index is 237. The maximum atomic E-state index is 3.96. The van der Waals surface area contributed by atoms with Crippen LogP contribution in [0.3, 0.4) is 0 Å². The van der Waals surface area contributed by atoms with E-state index in [0.29, 0.717) is 0 Å². The van der Waals surface area contributed by atoms with Crippen molar-refractivity contribution in [1.82, 2.24) is 0 Å². The molecule has 0 saturated heterocycles. The molecule has 1 aliphatic carbocycles. The van der Waals surface area contributed by atoms with E-state index in [1.807, 2.05) is 0 Å². The summed E-state index contributed by atoms with van der Waals surface area (Å²) >= 11 is 0. The molecule has 0 spiro atoms. The third kappa shape index (κ3) is 3.53. The minimum Gasteiger partial charge on any atom is -0.0961 e. The fraction of sp³-hybridized carbons (Fsp3) is 0.571. The molecule has 0 aromatic carbocycles. The van der Waals surface area contributed by atoms with E-state index < -0.39 is 0 Å². The summed E-state index contributed by atoms with van der Waals surface area (Å²) in [7, 11) is 0. The summed E-state index contributed by atoms with van der Waals surface area (Å²) in [6, 6.07) is 0. The molecule has 0 aromatic rings. The Labute approximate surface area is 88.4 Å². The van der Waals surface area contributed by atoms with Crippen LogP contribution in [-0.2, 0) is 0 Å². The molecule has 0 atom stereocenters. The summed E-state index contributed by atoms with van der Waals surface area (Å²) in [4.78, 5) is 0. The maximum absolute atomic E-state index is 3.96. The normalized spacial score (nSPS) is 20.3. The van der Waals surface area contributed by atoms with Crippen molar-refractivity contribution in [3.63, 3.8) is 0 Å². The lowest BCUT2D eigenvalue weighted by Crippen LogP contribution is -2.08. The number of hydrogen-bond donors (Lipinski definition) is 0. The molecule has 78 valence electrons. The van der Waals surface area contributed by atoms with Gasteiger partial charge in [0, 0.05) is 0 Å². The molecular formula is C14H22. The highest BCUT2D eigenvalue weighted by atomic mass is 14.2. The minimum absolute atomic E-state index is 0.789. The van der Waals surface area contributed by atoms with Crippen LogP contribution in [0.2, 0.25) is 0 Å². The van der Waals surface area contributed by atoms with E-state index in [4.69, 9.17) is 0 Å². The van der Waals surface area contributed by atoms with E-state index >= 15 is 0 Å². The van der Waals surface area contributed by atoms with Crippen LogP contribution in [0.5, 0.6) is 0 Å². The van der Waals surface area contributed by atoms with Gasteiger partial charge >= 0.3 is 0 Å². The molecule has 1 rings (SSSR count). The molecule has 0 amide bonds. The molecular weight excluding hydrogens is 168 g/mol. The lowest BCUT2D eigenvalue weighted by molar-refractivity contribution is 0.408. The van der Waals surface area contributed by atoms with Gasteiger partial charge in [-0.1, -0.05) is 49.6 Å². The van der Waals surface area contributed by atoms with Gasteiger partial charge in [0.15, 0.2) is 0 Å². The van der Waals surface area contributed by atoms with Crippen LogP contribution in [0, 0.1) is 5.92 Å². The van der Waals surface area contributed by atoms with Gasteiger partial charge in [0.1, 0.15) is 0 Å². The van der Waals surface area contributed by atoms with Crippen molar-refractivity contribution in [3.8, 4) is 0 Å². The van der Waals surface area contributed by atoms with Gasteiger partial charge in [0.2, 0.25) is 0 Å². The maximum Gasteiger partial charge on any atom is -0.0162 e. The van der Waals surface area contributed by atoms with Crippen LogP contribution in [0.4, 0.5) is 0 Å². The molecule has 0 aromatic heterocycles. The molecule has 0 unspecified atom stereocenters. The summed E-state index contributed by atoms with van der Waals surface area (Å²) in [6.07, 6.45) is 13.6. The average molecular weight is 190 g/mol. The highest BCUT2D eigenvalue weighted by Crippen LogP contribution is 2.30. The zero-order valence-electron chi connectivity index (χ0n) is 9.55. The predicted molar refractivity (Wildman–Crippen MR) is 64.3 cm³/mol. The molecule has 0 aliphatic heterocycles. The third-order valence-corrected chi connectivity index (χ3v) is 2.85. The Morgan fingerprint density at radius 3 is 2.36 bits per heavy atom. The first-order valence-corrected chi connectivity index (χ1v) is 5.74. The first-order chi connectivity index (χ1) is 6.74. The largest absolute Gasteiger partial charge is 0.0961 e. The second kappa shape index (κ2) is 5.85. The second-order valence-corrected chi connectivity index (χ2v) is 4.33. The summed E-state index contributed by atoms with van der Waals surface area (Å²) in [6.45, 7) is 8.13. The first-order valence-electron chi connectivity index (χ1n) is 5.74. The Morgan fingerprint density at radius 1 is 1.21 bits per heavy atom. The lowest BCUT2D eigenvalue weighted by Gasteiger charge is -2.23. The Hall–Kier alpha value is -0.780. The minimum atomic E-state index is 0.789. The van der Waals surface area contributed by atoms with Crippen molar-refractivity contribution in [1.29, 1.82) is 0 Å². The smallest absolute Gasteiger partial charge is 0.0162 e. The van der Waals surface area contributed by atoms with Crippen LogP contribution in [0.1, 0.15) is 46.0 Å². The predicted octanol–water partition coefficient (Wildman–Crippen LogP) is 4.65. The van der Waals surface area contributed by atoms with Gasteiger partial charge in [0.25, 0.3) is 0 Å².